The monoisotopic (exact) mass is 365 g/mol. The topological polar surface area (TPSA) is 66.5 Å². The van der Waals surface area contributed by atoms with Crippen LogP contribution in [0.25, 0.3) is 0 Å². The van der Waals surface area contributed by atoms with Gasteiger partial charge < -0.3 is 15.9 Å². The fourth-order valence-electron chi connectivity index (χ4n) is 1.00. The Morgan fingerprint density at radius 1 is 0.889 bits per heavy atom. The third-order valence-corrected chi connectivity index (χ3v) is 2.76. The Labute approximate surface area is 116 Å². The summed E-state index contributed by atoms with van der Waals surface area (Å²) in [7, 11) is 0. The molecule has 0 bridgehead atoms. The predicted octanol–water partition coefficient (Wildman–Crippen LogP) is 3.25. The molecule has 2 aromatic carbocycles. The van der Waals surface area contributed by atoms with Crippen LogP contribution in [-0.2, 0) is 0 Å². The predicted molar refractivity (Wildman–Crippen MR) is 73.3 cm³/mol. The molecule has 0 aliphatic carbocycles. The van der Waals surface area contributed by atoms with Crippen molar-refractivity contribution >= 4 is 28.3 Å². The third-order valence-electron chi connectivity index (χ3n) is 1.89. The number of phenols is 2. The maximum absolute atomic E-state index is 12.4. The highest BCUT2D eigenvalue weighted by Crippen LogP contribution is 2.16. The first-order chi connectivity index (χ1) is 8.40. The molecule has 0 unspecified atom stereocenters. The summed E-state index contributed by atoms with van der Waals surface area (Å²) in [5, 5.41) is 17.3. The van der Waals surface area contributed by atoms with Crippen LogP contribution in [0.4, 0.5) is 14.5 Å². The number of nitrogens with two attached hydrogens (primary N) is 1. The van der Waals surface area contributed by atoms with Crippen molar-refractivity contribution in [2.45, 2.75) is 0 Å². The lowest BCUT2D eigenvalue weighted by atomic mass is 10.3. The number of benzene rings is 2. The molecule has 96 valence electrons. The quantitative estimate of drug-likeness (QED) is 0.382. The van der Waals surface area contributed by atoms with Crippen LogP contribution in [0.3, 0.4) is 0 Å². The third kappa shape index (κ3) is 4.36. The summed E-state index contributed by atoms with van der Waals surface area (Å²) >= 11 is 1.85. The Kier molecular flexibility index (Phi) is 5.14. The van der Waals surface area contributed by atoms with E-state index in [-0.39, 0.29) is 23.0 Å². The summed E-state index contributed by atoms with van der Waals surface area (Å²) in [4.78, 5) is 0. The van der Waals surface area contributed by atoms with Gasteiger partial charge in [-0.3, -0.25) is 0 Å². The first-order valence-corrected chi connectivity index (χ1v) is 5.86. The molecule has 0 spiro atoms. The van der Waals surface area contributed by atoms with Crippen molar-refractivity contribution in [3.05, 3.63) is 51.6 Å². The van der Waals surface area contributed by atoms with Gasteiger partial charge in [0.25, 0.3) is 0 Å². The number of phenolic OH excluding ortho intramolecular Hbond substituents is 2. The van der Waals surface area contributed by atoms with Crippen LogP contribution >= 0.6 is 22.6 Å². The van der Waals surface area contributed by atoms with E-state index in [1.807, 2.05) is 22.6 Å². The Balaban J connectivity index is 0.000000180. The van der Waals surface area contributed by atoms with E-state index in [0.29, 0.717) is 3.57 Å². The van der Waals surface area contributed by atoms with E-state index in [1.54, 1.807) is 0 Å². The highest BCUT2D eigenvalue weighted by atomic mass is 127. The molecule has 0 aromatic heterocycles. The van der Waals surface area contributed by atoms with Crippen LogP contribution in [0.1, 0.15) is 0 Å². The Hall–Kier alpha value is -1.57. The molecule has 0 heterocycles. The molecule has 0 aliphatic heterocycles. The summed E-state index contributed by atoms with van der Waals surface area (Å²) in [6.07, 6.45) is 0. The molecule has 18 heavy (non-hydrogen) atoms. The van der Waals surface area contributed by atoms with Crippen LogP contribution < -0.4 is 5.73 Å². The van der Waals surface area contributed by atoms with Gasteiger partial charge in [-0.1, -0.05) is 0 Å². The number of anilines is 1. The zero-order chi connectivity index (χ0) is 13.7. The summed E-state index contributed by atoms with van der Waals surface area (Å²) < 4.78 is 25.2. The molecule has 3 nitrogen and oxygen atoms in total. The molecule has 0 aliphatic rings. The fraction of sp³-hybridized carbons (Fsp3) is 0. The number of rotatable bonds is 0. The lowest BCUT2D eigenvalue weighted by molar-refractivity contribution is 0.468. The molecule has 0 atom stereocenters. The van der Waals surface area contributed by atoms with Crippen LogP contribution in [0.15, 0.2) is 36.4 Å². The fourth-order valence-corrected chi connectivity index (χ4v) is 1.34. The number of aromatic hydroxyl groups is 2. The Morgan fingerprint density at radius 2 is 1.39 bits per heavy atom. The van der Waals surface area contributed by atoms with Gasteiger partial charge >= 0.3 is 0 Å². The number of halogens is 3. The lowest BCUT2D eigenvalue weighted by Crippen LogP contribution is -1.87. The summed E-state index contributed by atoms with van der Waals surface area (Å²) in [6.45, 7) is 0. The van der Waals surface area contributed by atoms with E-state index >= 15 is 0 Å². The van der Waals surface area contributed by atoms with Crippen LogP contribution in [0.5, 0.6) is 11.5 Å². The molecule has 0 amide bonds. The van der Waals surface area contributed by atoms with E-state index in [9.17, 15) is 8.78 Å². The van der Waals surface area contributed by atoms with Gasteiger partial charge in [0.1, 0.15) is 23.1 Å². The van der Waals surface area contributed by atoms with E-state index in [2.05, 4.69) is 0 Å². The zero-order valence-electron chi connectivity index (χ0n) is 9.07. The van der Waals surface area contributed by atoms with Crippen molar-refractivity contribution in [1.29, 1.82) is 0 Å². The molecule has 2 aromatic rings. The van der Waals surface area contributed by atoms with Crippen LogP contribution in [-0.4, -0.2) is 10.2 Å². The number of hydrogen-bond acceptors (Lipinski definition) is 3. The van der Waals surface area contributed by atoms with Gasteiger partial charge in [-0.25, -0.2) is 8.78 Å². The molecule has 2 rings (SSSR count). The Bertz CT molecular complexity index is 500. The summed E-state index contributed by atoms with van der Waals surface area (Å²) in [5.41, 5.74) is 5.15. The first kappa shape index (κ1) is 14.5. The average Bonchev–Trinajstić information content (AvgIpc) is 2.30. The second kappa shape index (κ2) is 6.39. The minimum Gasteiger partial charge on any atom is -0.508 e. The van der Waals surface area contributed by atoms with Crippen LogP contribution in [0, 0.1) is 15.2 Å². The summed E-state index contributed by atoms with van der Waals surface area (Å²) in [6, 6.07) is 7.66. The molecule has 0 saturated carbocycles. The highest BCUT2D eigenvalue weighted by molar-refractivity contribution is 14.1. The molecule has 6 heteroatoms. The molecular formula is C12H10F2INO2. The van der Waals surface area contributed by atoms with Gasteiger partial charge in [0.15, 0.2) is 0 Å². The molecule has 0 radical (unpaired) electrons. The van der Waals surface area contributed by atoms with Crippen LogP contribution in [0.2, 0.25) is 0 Å². The molecule has 0 fully saturated rings. The van der Waals surface area contributed by atoms with E-state index in [4.69, 9.17) is 15.9 Å². The molecule has 4 N–H and O–H groups in total. The Morgan fingerprint density at radius 3 is 1.78 bits per heavy atom. The lowest BCUT2D eigenvalue weighted by Gasteiger charge is -1.94. The number of nitrogen functional groups attached to an aromatic ring is 1. The van der Waals surface area contributed by atoms with E-state index in [0.717, 1.165) is 12.1 Å². The van der Waals surface area contributed by atoms with Crippen molar-refractivity contribution in [1.82, 2.24) is 0 Å². The number of hydrogen-bond donors (Lipinski definition) is 3. The van der Waals surface area contributed by atoms with Gasteiger partial charge in [0.05, 0.1) is 5.69 Å². The standard InChI is InChI=1S/C6H4FIO.C6H6FNO/c2*7-5-3-4(9)1-2-6(5)8/h1-3,9H;1-3,9H,8H2. The molecular weight excluding hydrogens is 355 g/mol. The van der Waals surface area contributed by atoms with Gasteiger partial charge in [-0.15, -0.1) is 0 Å². The minimum absolute atomic E-state index is 0.0343. The molecule has 0 saturated heterocycles. The van der Waals surface area contributed by atoms with Gasteiger partial charge in [-0.2, -0.15) is 0 Å². The first-order valence-electron chi connectivity index (χ1n) is 4.78. The van der Waals surface area contributed by atoms with Crippen molar-refractivity contribution in [2.75, 3.05) is 5.73 Å². The van der Waals surface area contributed by atoms with Crippen molar-refractivity contribution in [3.63, 3.8) is 0 Å². The van der Waals surface area contributed by atoms with Crippen molar-refractivity contribution in [2.24, 2.45) is 0 Å². The second-order valence-corrected chi connectivity index (χ2v) is 4.47. The largest absolute Gasteiger partial charge is 0.508 e. The van der Waals surface area contributed by atoms with Crippen molar-refractivity contribution in [3.8, 4) is 11.5 Å². The highest BCUT2D eigenvalue weighted by Gasteiger charge is 1.97. The maximum Gasteiger partial charge on any atom is 0.149 e. The average molecular weight is 365 g/mol. The zero-order valence-corrected chi connectivity index (χ0v) is 11.2. The van der Waals surface area contributed by atoms with Gasteiger partial charge in [0.2, 0.25) is 0 Å². The normalized spacial score (nSPS) is 9.50. The maximum atomic E-state index is 12.4. The minimum atomic E-state index is -0.588. The van der Waals surface area contributed by atoms with Gasteiger partial charge in [-0.05, 0) is 46.9 Å². The summed E-state index contributed by atoms with van der Waals surface area (Å²) in [5.74, 6) is -1.11. The second-order valence-electron chi connectivity index (χ2n) is 3.30. The SMILES string of the molecule is Nc1ccc(O)cc1F.Oc1ccc(I)c(F)c1. The van der Waals surface area contributed by atoms with Crippen molar-refractivity contribution < 1.29 is 19.0 Å². The smallest absolute Gasteiger partial charge is 0.149 e. The van der Waals surface area contributed by atoms with Gasteiger partial charge in [0, 0.05) is 15.7 Å². The van der Waals surface area contributed by atoms with E-state index in [1.165, 1.54) is 24.3 Å². The van der Waals surface area contributed by atoms with E-state index < -0.39 is 5.82 Å².